The molecule has 0 unspecified atom stereocenters. The van der Waals surface area contributed by atoms with Crippen molar-refractivity contribution in [3.63, 3.8) is 0 Å². The Morgan fingerprint density at radius 1 is 1.12 bits per heavy atom. The first kappa shape index (κ1) is 9.46. The molecule has 0 atom stereocenters. The van der Waals surface area contributed by atoms with Gasteiger partial charge in [0, 0.05) is 30.4 Å². The van der Waals surface area contributed by atoms with E-state index in [4.69, 9.17) is 0 Å². The summed E-state index contributed by atoms with van der Waals surface area (Å²) in [6.45, 7) is 2.21. The lowest BCUT2D eigenvalue weighted by molar-refractivity contribution is 0.480. The minimum atomic E-state index is 0.263. The molecule has 3 rings (SSSR count). The molecular weight excluding hydrogens is 200 g/mol. The second-order valence-corrected chi connectivity index (χ2v) is 4.20. The Kier molecular flexibility index (Phi) is 2.17. The lowest BCUT2D eigenvalue weighted by atomic mass is 10.1. The first-order valence-corrected chi connectivity index (χ1v) is 5.68. The number of benzene rings is 1. The first-order valence-electron chi connectivity index (χ1n) is 5.68. The Morgan fingerprint density at radius 2 is 1.94 bits per heavy atom. The molecule has 2 heterocycles. The van der Waals surface area contributed by atoms with E-state index in [9.17, 15) is 5.11 Å². The van der Waals surface area contributed by atoms with Gasteiger partial charge in [0.15, 0.2) is 0 Å². The van der Waals surface area contributed by atoms with Crippen molar-refractivity contribution >= 4 is 16.6 Å². The number of rotatable bonds is 1. The molecule has 3 heteroatoms. The molecule has 1 aliphatic heterocycles. The fraction of sp³-hybridized carbons (Fsp3) is 0.308. The topological polar surface area (TPSA) is 36.4 Å². The van der Waals surface area contributed by atoms with Gasteiger partial charge >= 0.3 is 0 Å². The van der Waals surface area contributed by atoms with Crippen LogP contribution in [-0.4, -0.2) is 23.2 Å². The van der Waals surface area contributed by atoms with Crippen LogP contribution < -0.4 is 4.90 Å². The average Bonchev–Trinajstić information content (AvgIpc) is 2.82. The van der Waals surface area contributed by atoms with Gasteiger partial charge in [-0.25, -0.2) is 0 Å². The number of anilines is 1. The third-order valence-corrected chi connectivity index (χ3v) is 3.17. The summed E-state index contributed by atoms with van der Waals surface area (Å²) in [4.78, 5) is 6.60. The fourth-order valence-electron chi connectivity index (χ4n) is 2.38. The van der Waals surface area contributed by atoms with Crippen LogP contribution in [0.25, 0.3) is 10.9 Å². The van der Waals surface area contributed by atoms with Gasteiger partial charge in [-0.2, -0.15) is 0 Å². The summed E-state index contributed by atoms with van der Waals surface area (Å²) in [7, 11) is 0. The average molecular weight is 214 g/mol. The maximum atomic E-state index is 9.76. The zero-order valence-corrected chi connectivity index (χ0v) is 9.06. The third kappa shape index (κ3) is 1.40. The molecule has 1 aromatic carbocycles. The molecule has 16 heavy (non-hydrogen) atoms. The van der Waals surface area contributed by atoms with Crippen molar-refractivity contribution in [2.45, 2.75) is 12.8 Å². The summed E-state index contributed by atoms with van der Waals surface area (Å²) in [5.41, 5.74) is 1.89. The number of aromatic hydroxyl groups is 1. The highest BCUT2D eigenvalue weighted by Crippen LogP contribution is 2.31. The highest BCUT2D eigenvalue weighted by Gasteiger charge is 2.15. The van der Waals surface area contributed by atoms with E-state index in [0.717, 1.165) is 18.5 Å². The Morgan fingerprint density at radius 3 is 2.75 bits per heavy atom. The maximum absolute atomic E-state index is 9.76. The molecule has 1 aliphatic rings. The summed E-state index contributed by atoms with van der Waals surface area (Å²) in [5.74, 6) is 0.263. The predicted octanol–water partition coefficient (Wildman–Crippen LogP) is 2.54. The third-order valence-electron chi connectivity index (χ3n) is 3.17. The van der Waals surface area contributed by atoms with Crippen molar-refractivity contribution in [3.05, 3.63) is 30.5 Å². The lowest BCUT2D eigenvalue weighted by Crippen LogP contribution is -2.17. The Bertz CT molecular complexity index is 518. The molecule has 82 valence electrons. The monoisotopic (exact) mass is 214 g/mol. The van der Waals surface area contributed by atoms with Crippen LogP contribution in [0.4, 0.5) is 5.69 Å². The normalized spacial score (nSPS) is 15.9. The summed E-state index contributed by atoms with van der Waals surface area (Å²) < 4.78 is 0. The molecule has 0 amide bonds. The van der Waals surface area contributed by atoms with E-state index in [1.165, 1.54) is 18.5 Å². The zero-order chi connectivity index (χ0) is 11.0. The second kappa shape index (κ2) is 3.67. The van der Waals surface area contributed by atoms with Crippen molar-refractivity contribution in [1.29, 1.82) is 0 Å². The van der Waals surface area contributed by atoms with Crippen molar-refractivity contribution in [2.24, 2.45) is 0 Å². The summed E-state index contributed by atoms with van der Waals surface area (Å²) >= 11 is 0. The number of fused-ring (bicyclic) bond motifs is 1. The fourth-order valence-corrected chi connectivity index (χ4v) is 2.38. The standard InChI is InChI=1S/C13H14N2O/c16-12-5-3-4-10-11(6-7-14-13(10)12)15-8-1-2-9-15/h3-7,16H,1-2,8-9H2. The van der Waals surface area contributed by atoms with Crippen LogP contribution in [0.1, 0.15) is 12.8 Å². The molecule has 2 aromatic rings. The molecule has 1 fully saturated rings. The second-order valence-electron chi connectivity index (χ2n) is 4.20. The van der Waals surface area contributed by atoms with Crippen LogP contribution in [0.5, 0.6) is 5.75 Å². The van der Waals surface area contributed by atoms with Crippen LogP contribution in [0.2, 0.25) is 0 Å². The molecule has 1 aromatic heterocycles. The quantitative estimate of drug-likeness (QED) is 0.792. The van der Waals surface area contributed by atoms with Gasteiger partial charge in [-0.15, -0.1) is 0 Å². The van der Waals surface area contributed by atoms with Crippen LogP contribution >= 0.6 is 0 Å². The number of pyridine rings is 1. The van der Waals surface area contributed by atoms with Gasteiger partial charge in [0.1, 0.15) is 11.3 Å². The molecule has 0 bridgehead atoms. The van der Waals surface area contributed by atoms with Gasteiger partial charge in [0.05, 0.1) is 0 Å². The largest absolute Gasteiger partial charge is 0.506 e. The van der Waals surface area contributed by atoms with Crippen LogP contribution in [0, 0.1) is 0 Å². The number of para-hydroxylation sites is 1. The van der Waals surface area contributed by atoms with Gasteiger partial charge in [-0.05, 0) is 25.0 Å². The molecule has 3 nitrogen and oxygen atoms in total. The zero-order valence-electron chi connectivity index (χ0n) is 9.06. The Labute approximate surface area is 94.3 Å². The number of hydrogen-bond acceptors (Lipinski definition) is 3. The van der Waals surface area contributed by atoms with E-state index in [2.05, 4.69) is 9.88 Å². The predicted molar refractivity (Wildman–Crippen MR) is 64.9 cm³/mol. The smallest absolute Gasteiger partial charge is 0.141 e. The molecule has 0 saturated carbocycles. The molecular formula is C13H14N2O. The molecule has 0 aliphatic carbocycles. The van der Waals surface area contributed by atoms with Crippen molar-refractivity contribution in [1.82, 2.24) is 4.98 Å². The number of phenolic OH excluding ortho intramolecular Hbond substituents is 1. The minimum Gasteiger partial charge on any atom is -0.506 e. The minimum absolute atomic E-state index is 0.263. The van der Waals surface area contributed by atoms with Gasteiger partial charge in [0.25, 0.3) is 0 Å². The van der Waals surface area contributed by atoms with Crippen molar-refractivity contribution in [3.8, 4) is 5.75 Å². The Balaban J connectivity index is 2.20. The van der Waals surface area contributed by atoms with Gasteiger partial charge < -0.3 is 10.0 Å². The molecule has 0 spiro atoms. The molecule has 1 N–H and O–H groups in total. The highest BCUT2D eigenvalue weighted by molar-refractivity contribution is 5.94. The van der Waals surface area contributed by atoms with Crippen LogP contribution in [0.3, 0.4) is 0 Å². The van der Waals surface area contributed by atoms with Gasteiger partial charge in [-0.1, -0.05) is 12.1 Å². The molecule has 0 radical (unpaired) electrons. The highest BCUT2D eigenvalue weighted by atomic mass is 16.3. The maximum Gasteiger partial charge on any atom is 0.141 e. The van der Waals surface area contributed by atoms with E-state index in [-0.39, 0.29) is 5.75 Å². The summed E-state index contributed by atoms with van der Waals surface area (Å²) in [6.07, 6.45) is 4.28. The number of aromatic nitrogens is 1. The van der Waals surface area contributed by atoms with E-state index < -0.39 is 0 Å². The molecule has 1 saturated heterocycles. The number of phenols is 1. The first-order chi connectivity index (χ1) is 7.86. The van der Waals surface area contributed by atoms with Crippen LogP contribution in [-0.2, 0) is 0 Å². The van der Waals surface area contributed by atoms with E-state index in [1.54, 1.807) is 12.3 Å². The van der Waals surface area contributed by atoms with Crippen LogP contribution in [0.15, 0.2) is 30.5 Å². The Hall–Kier alpha value is -1.77. The summed E-state index contributed by atoms with van der Waals surface area (Å²) in [5, 5.41) is 10.8. The van der Waals surface area contributed by atoms with E-state index >= 15 is 0 Å². The van der Waals surface area contributed by atoms with E-state index in [0.29, 0.717) is 5.52 Å². The SMILES string of the molecule is Oc1cccc2c(N3CCCC3)ccnc12. The number of hydrogen-bond donors (Lipinski definition) is 1. The summed E-state index contributed by atoms with van der Waals surface area (Å²) in [6, 6.07) is 7.62. The number of nitrogens with zero attached hydrogens (tertiary/aromatic N) is 2. The van der Waals surface area contributed by atoms with E-state index in [1.807, 2.05) is 18.2 Å². The van der Waals surface area contributed by atoms with Crippen molar-refractivity contribution in [2.75, 3.05) is 18.0 Å². The lowest BCUT2D eigenvalue weighted by Gasteiger charge is -2.19. The van der Waals surface area contributed by atoms with Gasteiger partial charge in [-0.3, -0.25) is 4.98 Å². The van der Waals surface area contributed by atoms with Gasteiger partial charge in [0.2, 0.25) is 0 Å². The van der Waals surface area contributed by atoms with Crippen molar-refractivity contribution < 1.29 is 5.11 Å².